The van der Waals surface area contributed by atoms with Crippen molar-refractivity contribution in [1.82, 2.24) is 14.9 Å². The van der Waals surface area contributed by atoms with Crippen molar-refractivity contribution in [2.75, 3.05) is 25.5 Å². The molecule has 1 aliphatic carbocycles. The normalized spacial score (nSPS) is 22.5. The fourth-order valence-electron chi connectivity index (χ4n) is 3.53. The fraction of sp³-hybridized carbons (Fsp3) is 0.667. The molecule has 6 nitrogen and oxygen atoms in total. The minimum absolute atomic E-state index is 0.0903. The van der Waals surface area contributed by atoms with Gasteiger partial charge in [-0.2, -0.15) is 0 Å². The molecule has 2 fully saturated rings. The van der Waals surface area contributed by atoms with Crippen molar-refractivity contribution >= 4 is 11.8 Å². The Kier molecular flexibility index (Phi) is 4.22. The monoisotopic (exact) mass is 290 g/mol. The van der Waals surface area contributed by atoms with E-state index in [9.17, 15) is 4.79 Å². The lowest BCUT2D eigenvalue weighted by Crippen LogP contribution is -2.34. The van der Waals surface area contributed by atoms with E-state index in [0.29, 0.717) is 17.5 Å². The Morgan fingerprint density at radius 2 is 2.14 bits per heavy atom. The summed E-state index contributed by atoms with van der Waals surface area (Å²) in [6.07, 6.45) is 9.45. The van der Waals surface area contributed by atoms with Crippen molar-refractivity contribution in [2.24, 2.45) is 11.8 Å². The molecule has 0 bridgehead atoms. The first-order chi connectivity index (χ1) is 10.3. The van der Waals surface area contributed by atoms with Crippen LogP contribution >= 0.6 is 0 Å². The lowest BCUT2D eigenvalue weighted by atomic mass is 9.90. The molecule has 0 radical (unpaired) electrons. The zero-order chi connectivity index (χ0) is 14.7. The van der Waals surface area contributed by atoms with Gasteiger partial charge in [-0.15, -0.1) is 0 Å². The predicted octanol–water partition coefficient (Wildman–Crippen LogP) is 2.53. The van der Waals surface area contributed by atoms with E-state index in [0.717, 1.165) is 25.4 Å². The molecule has 0 aromatic carbocycles. The van der Waals surface area contributed by atoms with Gasteiger partial charge in [-0.05, 0) is 18.3 Å². The maximum atomic E-state index is 12.3. The molecule has 0 spiro atoms. The van der Waals surface area contributed by atoms with Crippen molar-refractivity contribution in [3.63, 3.8) is 0 Å². The Morgan fingerprint density at radius 3 is 2.90 bits per heavy atom. The number of amides is 2. The molecular formula is C15H22N4O2. The van der Waals surface area contributed by atoms with Crippen LogP contribution in [0.4, 0.5) is 10.6 Å². The summed E-state index contributed by atoms with van der Waals surface area (Å²) < 4.78 is 5.15. The van der Waals surface area contributed by atoms with E-state index in [-0.39, 0.29) is 6.03 Å². The minimum Gasteiger partial charge on any atom is -0.491 e. The Hall–Kier alpha value is -1.85. The van der Waals surface area contributed by atoms with Crippen LogP contribution in [-0.4, -0.2) is 41.1 Å². The number of hydrogen-bond donors (Lipinski definition) is 1. The molecule has 1 saturated heterocycles. The molecule has 3 rings (SSSR count). The number of anilines is 1. The summed E-state index contributed by atoms with van der Waals surface area (Å²) in [6.45, 7) is 1.70. The second-order valence-corrected chi connectivity index (χ2v) is 5.91. The van der Waals surface area contributed by atoms with Gasteiger partial charge in [0, 0.05) is 13.1 Å². The molecule has 1 aliphatic heterocycles. The van der Waals surface area contributed by atoms with Gasteiger partial charge < -0.3 is 9.64 Å². The number of rotatable bonds is 3. The van der Waals surface area contributed by atoms with E-state index in [4.69, 9.17) is 4.74 Å². The van der Waals surface area contributed by atoms with E-state index < -0.39 is 0 Å². The van der Waals surface area contributed by atoms with Crippen molar-refractivity contribution in [3.05, 3.63) is 12.5 Å². The zero-order valence-corrected chi connectivity index (χ0v) is 12.4. The summed E-state index contributed by atoms with van der Waals surface area (Å²) >= 11 is 0. The molecule has 21 heavy (non-hydrogen) atoms. The molecule has 2 aliphatic rings. The number of urea groups is 1. The predicted molar refractivity (Wildman–Crippen MR) is 79.2 cm³/mol. The Labute approximate surface area is 124 Å². The summed E-state index contributed by atoms with van der Waals surface area (Å²) in [6, 6.07) is -0.0903. The highest BCUT2D eigenvalue weighted by atomic mass is 16.5. The summed E-state index contributed by atoms with van der Waals surface area (Å²) in [5.74, 6) is 2.40. The first-order valence-corrected chi connectivity index (χ1v) is 7.68. The van der Waals surface area contributed by atoms with Crippen LogP contribution in [0.5, 0.6) is 5.75 Å². The molecule has 1 saturated carbocycles. The fourth-order valence-corrected chi connectivity index (χ4v) is 3.53. The second-order valence-electron chi connectivity index (χ2n) is 5.91. The Bertz CT molecular complexity index is 502. The number of ether oxygens (including phenoxy) is 1. The smallest absolute Gasteiger partial charge is 0.323 e. The van der Waals surface area contributed by atoms with Crippen LogP contribution in [0.3, 0.4) is 0 Å². The number of aromatic nitrogens is 2. The van der Waals surface area contributed by atoms with Gasteiger partial charge in [0.2, 0.25) is 0 Å². The van der Waals surface area contributed by atoms with Crippen LogP contribution in [0.1, 0.15) is 32.1 Å². The lowest BCUT2D eigenvalue weighted by molar-refractivity contribution is 0.217. The van der Waals surface area contributed by atoms with Gasteiger partial charge in [-0.1, -0.05) is 25.7 Å². The van der Waals surface area contributed by atoms with Crippen molar-refractivity contribution in [3.8, 4) is 5.75 Å². The number of likely N-dealkylation sites (tertiary alicyclic amines) is 1. The molecule has 1 atom stereocenters. The highest BCUT2D eigenvalue weighted by Crippen LogP contribution is 2.36. The van der Waals surface area contributed by atoms with Crippen molar-refractivity contribution in [2.45, 2.75) is 32.1 Å². The van der Waals surface area contributed by atoms with E-state index >= 15 is 0 Å². The number of nitrogens with zero attached hydrogens (tertiary/aromatic N) is 3. The third-order valence-corrected chi connectivity index (χ3v) is 4.70. The molecule has 1 aromatic heterocycles. The molecule has 6 heteroatoms. The van der Waals surface area contributed by atoms with Crippen molar-refractivity contribution in [1.29, 1.82) is 0 Å². The van der Waals surface area contributed by atoms with Gasteiger partial charge >= 0.3 is 6.03 Å². The third-order valence-electron chi connectivity index (χ3n) is 4.70. The maximum Gasteiger partial charge on any atom is 0.323 e. The van der Waals surface area contributed by atoms with Crippen LogP contribution < -0.4 is 10.1 Å². The zero-order valence-electron chi connectivity index (χ0n) is 12.4. The summed E-state index contributed by atoms with van der Waals surface area (Å²) in [5, 5.41) is 2.83. The van der Waals surface area contributed by atoms with Crippen LogP contribution in [0.15, 0.2) is 12.5 Å². The van der Waals surface area contributed by atoms with Gasteiger partial charge in [0.1, 0.15) is 6.33 Å². The van der Waals surface area contributed by atoms with Gasteiger partial charge in [0.15, 0.2) is 11.6 Å². The van der Waals surface area contributed by atoms with Crippen LogP contribution in [0, 0.1) is 11.8 Å². The minimum atomic E-state index is -0.0903. The molecule has 114 valence electrons. The average Bonchev–Trinajstić information content (AvgIpc) is 3.18. The van der Waals surface area contributed by atoms with Crippen LogP contribution in [0.25, 0.3) is 0 Å². The average molecular weight is 290 g/mol. The lowest BCUT2D eigenvalue weighted by Gasteiger charge is -2.20. The van der Waals surface area contributed by atoms with E-state index in [1.807, 2.05) is 4.90 Å². The Morgan fingerprint density at radius 1 is 1.33 bits per heavy atom. The first kappa shape index (κ1) is 14.1. The molecule has 1 unspecified atom stereocenters. The van der Waals surface area contributed by atoms with Gasteiger partial charge in [0.25, 0.3) is 0 Å². The van der Waals surface area contributed by atoms with Gasteiger partial charge in [-0.3, -0.25) is 5.32 Å². The van der Waals surface area contributed by atoms with E-state index in [1.54, 1.807) is 13.3 Å². The molecule has 1 N–H and O–H groups in total. The molecule has 2 heterocycles. The van der Waals surface area contributed by atoms with Crippen LogP contribution in [-0.2, 0) is 0 Å². The maximum absolute atomic E-state index is 12.3. The standard InChI is InChI=1S/C15H22N4O2/c1-21-13-8-16-10-17-14(13)18-15(20)19-7-6-12(9-19)11-4-2-3-5-11/h8,10-12H,2-7,9H2,1H3,(H,16,17,18,20). The Balaban J connectivity index is 1.58. The van der Waals surface area contributed by atoms with E-state index in [2.05, 4.69) is 15.3 Å². The van der Waals surface area contributed by atoms with Gasteiger partial charge in [0.05, 0.1) is 13.3 Å². The largest absolute Gasteiger partial charge is 0.491 e. The number of nitrogens with one attached hydrogen (secondary N) is 1. The SMILES string of the molecule is COc1cncnc1NC(=O)N1CCC(C2CCCC2)C1. The number of methoxy groups -OCH3 is 1. The molecule has 1 aromatic rings. The van der Waals surface area contributed by atoms with Gasteiger partial charge in [-0.25, -0.2) is 14.8 Å². The topological polar surface area (TPSA) is 67.4 Å². The summed E-state index contributed by atoms with van der Waals surface area (Å²) in [5.41, 5.74) is 0. The summed E-state index contributed by atoms with van der Waals surface area (Å²) in [4.78, 5) is 22.2. The van der Waals surface area contributed by atoms with Crippen molar-refractivity contribution < 1.29 is 9.53 Å². The number of hydrogen-bond acceptors (Lipinski definition) is 4. The van der Waals surface area contributed by atoms with Crippen LogP contribution in [0.2, 0.25) is 0 Å². The third kappa shape index (κ3) is 3.09. The number of carbonyl (C=O) groups excluding carboxylic acids is 1. The molecular weight excluding hydrogens is 268 g/mol. The van der Waals surface area contributed by atoms with E-state index in [1.165, 1.54) is 32.0 Å². The molecule has 2 amide bonds. The second kappa shape index (κ2) is 6.28. The number of carbonyl (C=O) groups is 1. The highest BCUT2D eigenvalue weighted by molar-refractivity contribution is 5.89. The summed E-state index contributed by atoms with van der Waals surface area (Å²) in [7, 11) is 1.54. The highest BCUT2D eigenvalue weighted by Gasteiger charge is 2.33. The quantitative estimate of drug-likeness (QED) is 0.929. The first-order valence-electron chi connectivity index (χ1n) is 7.68.